The number of nitrogens with one attached hydrogen (secondary N) is 2. The summed E-state index contributed by atoms with van der Waals surface area (Å²) >= 11 is 0. The van der Waals surface area contributed by atoms with Crippen LogP contribution in [-0.4, -0.2) is 31.0 Å². The van der Waals surface area contributed by atoms with Gasteiger partial charge < -0.3 is 15.4 Å². The summed E-state index contributed by atoms with van der Waals surface area (Å²) in [6.45, 7) is 0.602. The minimum absolute atomic E-state index is 0.133. The van der Waals surface area contributed by atoms with Crippen LogP contribution in [0.4, 0.5) is 0 Å². The Hall–Kier alpha value is -2.82. The highest BCUT2D eigenvalue weighted by atomic mass is 16.5. The number of para-hydroxylation sites is 1. The maximum absolute atomic E-state index is 12.0. The van der Waals surface area contributed by atoms with Crippen LogP contribution in [0.5, 0.6) is 5.75 Å². The second-order valence-corrected chi connectivity index (χ2v) is 7.18. The fourth-order valence-electron chi connectivity index (χ4n) is 3.51. The quantitative estimate of drug-likeness (QED) is 0.572. The number of hydrogen-bond acceptors (Lipinski definition) is 3. The average molecular weight is 380 g/mol. The van der Waals surface area contributed by atoms with Crippen LogP contribution in [0, 0.1) is 0 Å². The lowest BCUT2D eigenvalue weighted by Gasteiger charge is -2.22. The molecule has 2 N–H and O–H groups in total. The van der Waals surface area contributed by atoms with Gasteiger partial charge in [0.2, 0.25) is 0 Å². The molecule has 5 heteroatoms. The van der Waals surface area contributed by atoms with Crippen molar-refractivity contribution >= 4 is 11.8 Å². The van der Waals surface area contributed by atoms with E-state index in [1.54, 1.807) is 0 Å². The minimum Gasteiger partial charge on any atom is -0.491 e. The number of carbonyl (C=O) groups is 2. The maximum Gasteiger partial charge on any atom is 0.309 e. The summed E-state index contributed by atoms with van der Waals surface area (Å²) < 4.78 is 5.84. The van der Waals surface area contributed by atoms with Gasteiger partial charge in [0.15, 0.2) is 0 Å². The molecule has 0 aliphatic heterocycles. The van der Waals surface area contributed by atoms with Crippen molar-refractivity contribution in [2.45, 2.75) is 44.6 Å². The van der Waals surface area contributed by atoms with E-state index >= 15 is 0 Å². The Morgan fingerprint density at radius 3 is 2.39 bits per heavy atom. The molecule has 1 saturated carbocycles. The molecule has 3 rings (SSSR count). The Morgan fingerprint density at radius 1 is 0.893 bits per heavy atom. The summed E-state index contributed by atoms with van der Waals surface area (Å²) in [6, 6.07) is 18.2. The van der Waals surface area contributed by atoms with E-state index in [9.17, 15) is 9.59 Å². The van der Waals surface area contributed by atoms with Crippen molar-refractivity contribution in [1.29, 1.82) is 0 Å². The van der Waals surface area contributed by atoms with Gasteiger partial charge in [-0.25, -0.2) is 0 Å². The van der Waals surface area contributed by atoms with Gasteiger partial charge in [-0.3, -0.25) is 9.59 Å². The van der Waals surface area contributed by atoms with Crippen molar-refractivity contribution in [2.75, 3.05) is 13.2 Å². The number of amides is 2. The highest BCUT2D eigenvalue weighted by Crippen LogP contribution is 2.21. The zero-order valence-electron chi connectivity index (χ0n) is 16.2. The summed E-state index contributed by atoms with van der Waals surface area (Å²) in [5, 5.41) is 5.46. The lowest BCUT2D eigenvalue weighted by Crippen LogP contribution is -2.46. The summed E-state index contributed by atoms with van der Waals surface area (Å²) in [6.07, 6.45) is 6.14. The van der Waals surface area contributed by atoms with E-state index in [0.717, 1.165) is 43.4 Å². The molecule has 2 amide bonds. The number of benzene rings is 2. The molecule has 2 aromatic rings. The van der Waals surface area contributed by atoms with Crippen LogP contribution in [-0.2, 0) is 16.0 Å². The SMILES string of the molecule is O=C(NCCOc1ccccc1Cc1ccccc1)C(=O)NC1CCCCC1. The van der Waals surface area contributed by atoms with Gasteiger partial charge in [-0.15, -0.1) is 0 Å². The predicted molar refractivity (Wildman–Crippen MR) is 109 cm³/mol. The van der Waals surface area contributed by atoms with Crippen molar-refractivity contribution < 1.29 is 14.3 Å². The molecule has 0 aromatic heterocycles. The third kappa shape index (κ3) is 6.12. The van der Waals surface area contributed by atoms with E-state index in [-0.39, 0.29) is 12.6 Å². The van der Waals surface area contributed by atoms with Gasteiger partial charge in [0.25, 0.3) is 0 Å². The summed E-state index contributed by atoms with van der Waals surface area (Å²) in [7, 11) is 0. The van der Waals surface area contributed by atoms with E-state index in [1.165, 1.54) is 12.0 Å². The molecular formula is C23H28N2O3. The lowest BCUT2D eigenvalue weighted by molar-refractivity contribution is -0.139. The lowest BCUT2D eigenvalue weighted by atomic mass is 9.95. The van der Waals surface area contributed by atoms with Gasteiger partial charge in [-0.05, 0) is 30.0 Å². The number of ether oxygens (including phenoxy) is 1. The Labute approximate surface area is 166 Å². The first-order chi connectivity index (χ1) is 13.7. The Morgan fingerprint density at radius 2 is 1.61 bits per heavy atom. The number of rotatable bonds is 7. The Bertz CT molecular complexity index is 770. The van der Waals surface area contributed by atoms with Crippen LogP contribution in [0.25, 0.3) is 0 Å². The fraction of sp³-hybridized carbons (Fsp3) is 0.391. The van der Waals surface area contributed by atoms with Crippen LogP contribution in [0.2, 0.25) is 0 Å². The standard InChI is InChI=1S/C23H28N2O3/c26-22(23(27)25-20-12-5-2-6-13-20)24-15-16-28-21-14-8-7-11-19(21)17-18-9-3-1-4-10-18/h1,3-4,7-11,14,20H,2,5-6,12-13,15-17H2,(H,24,26)(H,25,27). The first-order valence-corrected chi connectivity index (χ1v) is 10.1. The van der Waals surface area contributed by atoms with Crippen LogP contribution < -0.4 is 15.4 Å². The third-order valence-electron chi connectivity index (χ3n) is 5.00. The van der Waals surface area contributed by atoms with Gasteiger partial charge in [-0.2, -0.15) is 0 Å². The smallest absolute Gasteiger partial charge is 0.309 e. The predicted octanol–water partition coefficient (Wildman–Crippen LogP) is 3.22. The largest absolute Gasteiger partial charge is 0.491 e. The molecule has 28 heavy (non-hydrogen) atoms. The second-order valence-electron chi connectivity index (χ2n) is 7.18. The fourth-order valence-corrected chi connectivity index (χ4v) is 3.51. The molecular weight excluding hydrogens is 352 g/mol. The van der Waals surface area contributed by atoms with Crippen molar-refractivity contribution in [3.05, 3.63) is 65.7 Å². The molecule has 1 fully saturated rings. The maximum atomic E-state index is 12.0. The van der Waals surface area contributed by atoms with E-state index < -0.39 is 11.8 Å². The normalized spacial score (nSPS) is 14.3. The van der Waals surface area contributed by atoms with Gasteiger partial charge >= 0.3 is 11.8 Å². The molecule has 1 aliphatic carbocycles. The summed E-state index contributed by atoms with van der Waals surface area (Å²) in [5.41, 5.74) is 2.31. The van der Waals surface area contributed by atoms with Crippen LogP contribution in [0.1, 0.15) is 43.2 Å². The van der Waals surface area contributed by atoms with Crippen molar-refractivity contribution in [3.63, 3.8) is 0 Å². The zero-order chi connectivity index (χ0) is 19.6. The third-order valence-corrected chi connectivity index (χ3v) is 5.00. The van der Waals surface area contributed by atoms with Crippen LogP contribution in [0.3, 0.4) is 0 Å². The first-order valence-electron chi connectivity index (χ1n) is 10.1. The first kappa shape index (κ1) is 19.9. The van der Waals surface area contributed by atoms with E-state index in [1.807, 2.05) is 42.5 Å². The number of hydrogen-bond donors (Lipinski definition) is 2. The molecule has 0 radical (unpaired) electrons. The second kappa shape index (κ2) is 10.5. The molecule has 0 bridgehead atoms. The number of carbonyl (C=O) groups excluding carboxylic acids is 2. The van der Waals surface area contributed by atoms with Crippen LogP contribution >= 0.6 is 0 Å². The minimum atomic E-state index is -0.591. The molecule has 1 aliphatic rings. The van der Waals surface area contributed by atoms with E-state index in [2.05, 4.69) is 22.8 Å². The van der Waals surface area contributed by atoms with Crippen molar-refractivity contribution in [1.82, 2.24) is 10.6 Å². The topological polar surface area (TPSA) is 67.4 Å². The summed E-state index contributed by atoms with van der Waals surface area (Å²) in [4.78, 5) is 23.9. The zero-order valence-corrected chi connectivity index (χ0v) is 16.2. The molecule has 0 saturated heterocycles. The molecule has 148 valence electrons. The molecule has 5 nitrogen and oxygen atoms in total. The van der Waals surface area contributed by atoms with Crippen molar-refractivity contribution in [2.24, 2.45) is 0 Å². The highest BCUT2D eigenvalue weighted by molar-refractivity contribution is 6.35. The molecule has 0 heterocycles. The Balaban J connectivity index is 1.42. The summed E-state index contributed by atoms with van der Waals surface area (Å²) in [5.74, 6) is -0.338. The van der Waals surface area contributed by atoms with Crippen molar-refractivity contribution in [3.8, 4) is 5.75 Å². The Kier molecular flexibility index (Phi) is 7.47. The molecule has 0 unspecified atom stereocenters. The van der Waals surface area contributed by atoms with E-state index in [0.29, 0.717) is 6.61 Å². The average Bonchev–Trinajstić information content (AvgIpc) is 2.73. The van der Waals surface area contributed by atoms with E-state index in [4.69, 9.17) is 4.74 Å². The van der Waals surface area contributed by atoms with Gasteiger partial charge in [0.05, 0.1) is 6.54 Å². The molecule has 2 aromatic carbocycles. The monoisotopic (exact) mass is 380 g/mol. The van der Waals surface area contributed by atoms with Gasteiger partial charge in [0.1, 0.15) is 12.4 Å². The highest BCUT2D eigenvalue weighted by Gasteiger charge is 2.20. The van der Waals surface area contributed by atoms with Gasteiger partial charge in [-0.1, -0.05) is 67.8 Å². The molecule has 0 atom stereocenters. The van der Waals surface area contributed by atoms with Crippen LogP contribution in [0.15, 0.2) is 54.6 Å². The molecule has 0 spiro atoms. The van der Waals surface area contributed by atoms with Gasteiger partial charge in [0, 0.05) is 12.5 Å².